The highest BCUT2D eigenvalue weighted by Gasteiger charge is 2.64. The van der Waals surface area contributed by atoms with Crippen LogP contribution in [0.2, 0.25) is 5.02 Å². The number of anilines is 1. The average molecular weight is 465 g/mol. The zero-order valence-corrected chi connectivity index (χ0v) is 16.3. The maximum Gasteiger partial charge on any atom is 0.414 e. The highest BCUT2D eigenvalue weighted by molar-refractivity contribution is 6.30. The largest absolute Gasteiger partial charge is 0.462 e. The summed E-state index contributed by atoms with van der Waals surface area (Å²) in [6.07, 6.45) is -7.38. The van der Waals surface area contributed by atoms with Crippen LogP contribution >= 0.6 is 11.6 Å². The number of halogens is 7. The maximum atomic E-state index is 14.7. The number of alkyl halides is 5. The number of aliphatic imine (C=N–C) groups is 1. The Kier molecular flexibility index (Phi) is 5.19. The van der Waals surface area contributed by atoms with Crippen LogP contribution in [-0.4, -0.2) is 29.7 Å². The Labute approximate surface area is 177 Å². The van der Waals surface area contributed by atoms with E-state index in [1.54, 1.807) is 0 Å². The first-order valence-corrected chi connectivity index (χ1v) is 9.45. The van der Waals surface area contributed by atoms with Gasteiger partial charge in [-0.2, -0.15) is 13.2 Å². The van der Waals surface area contributed by atoms with Crippen molar-refractivity contribution in [1.29, 1.82) is 0 Å². The first-order chi connectivity index (χ1) is 14.5. The Morgan fingerprint density at radius 2 is 1.97 bits per heavy atom. The van der Waals surface area contributed by atoms with E-state index in [1.807, 2.05) is 0 Å². The second kappa shape index (κ2) is 7.47. The molecule has 1 aromatic heterocycles. The van der Waals surface area contributed by atoms with Crippen LogP contribution in [0.4, 0.5) is 32.0 Å². The summed E-state index contributed by atoms with van der Waals surface area (Å²) in [5, 5.41) is 2.34. The van der Waals surface area contributed by atoms with Gasteiger partial charge in [0.25, 0.3) is 12.4 Å². The molecule has 3 N–H and O–H groups in total. The molecule has 0 bridgehead atoms. The Bertz CT molecular complexity index is 1020. The van der Waals surface area contributed by atoms with Gasteiger partial charge in [-0.05, 0) is 36.8 Å². The fourth-order valence-electron chi connectivity index (χ4n) is 3.77. The number of aromatic nitrogens is 1. The van der Waals surface area contributed by atoms with Gasteiger partial charge in [0.2, 0.25) is 0 Å². The van der Waals surface area contributed by atoms with Crippen molar-refractivity contribution >= 4 is 23.3 Å². The van der Waals surface area contributed by atoms with Crippen LogP contribution in [-0.2, 0) is 10.3 Å². The van der Waals surface area contributed by atoms with Gasteiger partial charge >= 0.3 is 6.18 Å². The molecule has 166 valence electrons. The van der Waals surface area contributed by atoms with Crippen LogP contribution in [0.25, 0.3) is 0 Å². The molecule has 1 fully saturated rings. The SMILES string of the molecule is NC1=N[C@@](c2cc(N[C@H](c3ccc(Cl)cn3)C(F)(F)F)ccc2F)(C(F)F)C2CC2O1. The zero-order chi connectivity index (χ0) is 22.6. The van der Waals surface area contributed by atoms with Gasteiger partial charge in [-0.3, -0.25) is 4.98 Å². The van der Waals surface area contributed by atoms with E-state index in [9.17, 15) is 26.3 Å². The van der Waals surface area contributed by atoms with Crippen LogP contribution in [0.15, 0.2) is 41.5 Å². The monoisotopic (exact) mass is 464 g/mol. The van der Waals surface area contributed by atoms with Crippen LogP contribution in [0.5, 0.6) is 0 Å². The number of rotatable bonds is 5. The minimum Gasteiger partial charge on any atom is -0.462 e. The molecule has 4 rings (SSSR count). The highest BCUT2D eigenvalue weighted by Crippen LogP contribution is 2.56. The smallest absolute Gasteiger partial charge is 0.414 e. The Morgan fingerprint density at radius 3 is 2.58 bits per heavy atom. The number of hydrogen-bond donors (Lipinski definition) is 2. The average Bonchev–Trinajstić information content (AvgIpc) is 3.46. The molecular weight excluding hydrogens is 450 g/mol. The molecular formula is C19H15ClF6N4O. The summed E-state index contributed by atoms with van der Waals surface area (Å²) in [7, 11) is 0. The van der Waals surface area contributed by atoms with Crippen molar-refractivity contribution in [1.82, 2.24) is 4.98 Å². The van der Waals surface area contributed by atoms with Gasteiger partial charge in [0, 0.05) is 23.4 Å². The predicted octanol–water partition coefficient (Wildman–Crippen LogP) is 4.78. The number of benzene rings is 1. The summed E-state index contributed by atoms with van der Waals surface area (Å²) >= 11 is 5.68. The Hall–Kier alpha value is -2.69. The third-order valence-electron chi connectivity index (χ3n) is 5.28. The zero-order valence-electron chi connectivity index (χ0n) is 15.5. The number of ether oxygens (including phenoxy) is 1. The topological polar surface area (TPSA) is 72.5 Å². The summed E-state index contributed by atoms with van der Waals surface area (Å²) in [4.78, 5) is 7.39. The molecule has 2 aliphatic rings. The molecule has 4 atom stereocenters. The molecule has 2 unspecified atom stereocenters. The lowest BCUT2D eigenvalue weighted by molar-refractivity contribution is -0.144. The standard InChI is InChI=1S/C19H15ClF6N4O/c20-8-1-4-13(28-7-8)15(19(24,25)26)29-9-2-3-12(21)10(5-9)18(16(22)23)11-6-14(11)31-17(27)30-18/h1-5,7,11,14-16,29H,6H2,(H2,27,30)/t11?,14?,15-,18-/m1/s1. The van der Waals surface area contributed by atoms with Gasteiger partial charge in [-0.25, -0.2) is 18.2 Å². The van der Waals surface area contributed by atoms with Gasteiger partial charge in [0.05, 0.1) is 10.7 Å². The van der Waals surface area contributed by atoms with Crippen molar-refractivity contribution in [3.63, 3.8) is 0 Å². The van der Waals surface area contributed by atoms with E-state index < -0.39 is 59.3 Å². The second-order valence-electron chi connectivity index (χ2n) is 7.29. The van der Waals surface area contributed by atoms with Gasteiger partial charge in [0.15, 0.2) is 11.6 Å². The van der Waals surface area contributed by atoms with Crippen molar-refractivity contribution in [2.45, 2.75) is 36.7 Å². The quantitative estimate of drug-likeness (QED) is 0.624. The van der Waals surface area contributed by atoms with E-state index in [-0.39, 0.29) is 17.1 Å². The minimum absolute atomic E-state index is 0.140. The lowest BCUT2D eigenvalue weighted by atomic mass is 9.84. The van der Waals surface area contributed by atoms with Gasteiger partial charge < -0.3 is 15.8 Å². The molecule has 0 saturated heterocycles. The van der Waals surface area contributed by atoms with Crippen molar-refractivity contribution < 1.29 is 31.1 Å². The minimum atomic E-state index is -4.79. The van der Waals surface area contributed by atoms with E-state index in [4.69, 9.17) is 22.1 Å². The van der Waals surface area contributed by atoms with Crippen LogP contribution < -0.4 is 11.1 Å². The molecule has 0 amide bonds. The molecule has 31 heavy (non-hydrogen) atoms. The van der Waals surface area contributed by atoms with Crippen molar-refractivity contribution in [3.8, 4) is 0 Å². The summed E-state index contributed by atoms with van der Waals surface area (Å²) in [6.45, 7) is 0. The Balaban J connectivity index is 1.75. The normalized spacial score (nSPS) is 26.0. The fourth-order valence-corrected chi connectivity index (χ4v) is 3.88. The molecule has 1 aliphatic heterocycles. The molecule has 12 heteroatoms. The van der Waals surface area contributed by atoms with E-state index in [1.165, 1.54) is 6.07 Å². The molecule has 1 aliphatic carbocycles. The number of nitrogens with one attached hydrogen (secondary N) is 1. The van der Waals surface area contributed by atoms with Gasteiger partial charge in [-0.15, -0.1) is 0 Å². The summed E-state index contributed by atoms with van der Waals surface area (Å²) in [5.74, 6) is -1.89. The van der Waals surface area contributed by atoms with Crippen LogP contribution in [0.1, 0.15) is 23.7 Å². The van der Waals surface area contributed by atoms with Crippen molar-refractivity contribution in [3.05, 3.63) is 58.6 Å². The van der Waals surface area contributed by atoms with Crippen LogP contribution in [0, 0.1) is 11.7 Å². The van der Waals surface area contributed by atoms with Crippen molar-refractivity contribution in [2.24, 2.45) is 16.6 Å². The molecule has 1 saturated carbocycles. The summed E-state index contributed by atoms with van der Waals surface area (Å²) < 4.78 is 89.1. The van der Waals surface area contributed by atoms with Gasteiger partial charge in [-0.1, -0.05) is 11.6 Å². The molecule has 2 aromatic rings. The lowest BCUT2D eigenvalue weighted by Crippen LogP contribution is -2.43. The maximum absolute atomic E-state index is 14.7. The number of amidine groups is 1. The first-order valence-electron chi connectivity index (χ1n) is 9.07. The number of fused-ring (bicyclic) bond motifs is 1. The van der Waals surface area contributed by atoms with Gasteiger partial charge in [0.1, 0.15) is 11.9 Å². The predicted molar refractivity (Wildman–Crippen MR) is 100 cm³/mol. The lowest BCUT2D eigenvalue weighted by Gasteiger charge is -2.33. The molecule has 2 heterocycles. The number of nitrogens with zero attached hydrogens (tertiary/aromatic N) is 2. The number of nitrogens with two attached hydrogens (primary N) is 1. The Morgan fingerprint density at radius 1 is 1.23 bits per heavy atom. The molecule has 0 radical (unpaired) electrons. The summed E-state index contributed by atoms with van der Waals surface area (Å²) in [6, 6.07) is 2.23. The van der Waals surface area contributed by atoms with E-state index in [2.05, 4.69) is 15.3 Å². The number of pyridine rings is 1. The first kappa shape index (κ1) is 21.5. The van der Waals surface area contributed by atoms with E-state index >= 15 is 0 Å². The third-order valence-corrected chi connectivity index (χ3v) is 5.50. The molecule has 5 nitrogen and oxygen atoms in total. The number of hydrogen-bond acceptors (Lipinski definition) is 5. The van der Waals surface area contributed by atoms with E-state index in [0.29, 0.717) is 0 Å². The van der Waals surface area contributed by atoms with E-state index in [0.717, 1.165) is 30.5 Å². The summed E-state index contributed by atoms with van der Waals surface area (Å²) in [5.41, 5.74) is 1.96. The third kappa shape index (κ3) is 3.86. The highest BCUT2D eigenvalue weighted by atomic mass is 35.5. The van der Waals surface area contributed by atoms with Crippen molar-refractivity contribution in [2.75, 3.05) is 5.32 Å². The second-order valence-corrected chi connectivity index (χ2v) is 7.73. The molecule has 0 spiro atoms. The fraction of sp³-hybridized carbons (Fsp3) is 0.368. The van der Waals surface area contributed by atoms with Crippen LogP contribution in [0.3, 0.4) is 0 Å². The molecule has 1 aromatic carbocycles.